The summed E-state index contributed by atoms with van der Waals surface area (Å²) in [6, 6.07) is 0. The molecule has 1 N–H and O–H groups in total. The fourth-order valence-corrected chi connectivity index (χ4v) is 11.5. The maximum atomic E-state index is 10.4. The van der Waals surface area contributed by atoms with Gasteiger partial charge in [0.05, 0.1) is 6.10 Å². The highest BCUT2D eigenvalue weighted by Crippen LogP contribution is 2.42. The predicted molar refractivity (Wildman–Crippen MR) is 138 cm³/mol. The standard InChI is InChI=1S/C25H54O3Si2/c1-13-16-23(26)19-24(28-29(11,12)25(8,9)10)17-14-15-18-27-30(20(2)3,21(4)5)22(6)7/h13,20-24,26H,1,14-19H2,2-12H3/t23-,24-/m1/s1. The van der Waals surface area contributed by atoms with E-state index in [1.165, 1.54) is 0 Å². The zero-order valence-corrected chi connectivity index (χ0v) is 24.2. The van der Waals surface area contributed by atoms with Crippen LogP contribution < -0.4 is 0 Å². The summed E-state index contributed by atoms with van der Waals surface area (Å²) in [5.41, 5.74) is 1.88. The van der Waals surface area contributed by atoms with Crippen molar-refractivity contribution in [1.29, 1.82) is 0 Å². The van der Waals surface area contributed by atoms with Gasteiger partial charge in [0.1, 0.15) is 0 Å². The van der Waals surface area contributed by atoms with E-state index in [0.29, 0.717) is 29.5 Å². The quantitative estimate of drug-likeness (QED) is 0.153. The lowest BCUT2D eigenvalue weighted by Gasteiger charge is -2.42. The van der Waals surface area contributed by atoms with Gasteiger partial charge in [0.25, 0.3) is 0 Å². The SMILES string of the molecule is C=CC[C@@H](O)C[C@@H](CCCCO[Si](C(C)C)(C(C)C)C(C)C)O[Si](C)(C)C(C)(C)C. The lowest BCUT2D eigenvalue weighted by Crippen LogP contribution is -2.48. The Hall–Kier alpha value is 0.0538. The van der Waals surface area contributed by atoms with Crippen molar-refractivity contribution in [1.82, 2.24) is 0 Å². The maximum Gasteiger partial charge on any atom is 0.200 e. The highest BCUT2D eigenvalue weighted by molar-refractivity contribution is 6.77. The van der Waals surface area contributed by atoms with Crippen LogP contribution >= 0.6 is 0 Å². The third-order valence-corrected chi connectivity index (χ3v) is 17.9. The topological polar surface area (TPSA) is 38.7 Å². The van der Waals surface area contributed by atoms with Crippen LogP contribution in [0.4, 0.5) is 0 Å². The van der Waals surface area contributed by atoms with Crippen molar-refractivity contribution in [3.8, 4) is 0 Å². The van der Waals surface area contributed by atoms with E-state index in [1.54, 1.807) is 6.08 Å². The second-order valence-electron chi connectivity index (χ2n) is 11.6. The molecule has 0 unspecified atom stereocenters. The van der Waals surface area contributed by atoms with Crippen molar-refractivity contribution in [2.45, 2.75) is 141 Å². The first-order valence-electron chi connectivity index (χ1n) is 12.2. The van der Waals surface area contributed by atoms with Crippen molar-refractivity contribution in [2.75, 3.05) is 6.61 Å². The molecule has 3 nitrogen and oxygen atoms in total. The predicted octanol–water partition coefficient (Wildman–Crippen LogP) is 8.07. The number of hydrogen-bond acceptors (Lipinski definition) is 3. The average Bonchev–Trinajstić information content (AvgIpc) is 2.55. The molecule has 0 heterocycles. The summed E-state index contributed by atoms with van der Waals surface area (Å²) in [6.07, 6.45) is 6.02. The lowest BCUT2D eigenvalue weighted by molar-refractivity contribution is 0.0808. The van der Waals surface area contributed by atoms with Crippen LogP contribution in [-0.4, -0.2) is 40.6 Å². The Labute approximate surface area is 191 Å². The molecule has 180 valence electrons. The van der Waals surface area contributed by atoms with Crippen LogP contribution in [0.3, 0.4) is 0 Å². The van der Waals surface area contributed by atoms with Crippen LogP contribution in [0, 0.1) is 0 Å². The number of aliphatic hydroxyl groups is 1. The zero-order chi connectivity index (χ0) is 23.8. The van der Waals surface area contributed by atoms with E-state index in [2.05, 4.69) is 82.0 Å². The molecule has 0 spiro atoms. The largest absolute Gasteiger partial charge is 0.416 e. The van der Waals surface area contributed by atoms with Gasteiger partial charge in [-0.2, -0.15) is 0 Å². The molecule has 0 bridgehead atoms. The molecule has 0 radical (unpaired) electrons. The first-order chi connectivity index (χ1) is 13.6. The molecule has 0 aromatic carbocycles. The Kier molecular flexibility index (Phi) is 13.0. The van der Waals surface area contributed by atoms with E-state index in [9.17, 15) is 5.11 Å². The van der Waals surface area contributed by atoms with Gasteiger partial charge in [-0.1, -0.05) is 68.4 Å². The number of unbranched alkanes of at least 4 members (excludes halogenated alkanes) is 1. The fraction of sp³-hybridized carbons (Fsp3) is 0.920. The van der Waals surface area contributed by atoms with Gasteiger partial charge in [0.15, 0.2) is 16.6 Å². The molecule has 5 heteroatoms. The van der Waals surface area contributed by atoms with Crippen LogP contribution in [0.15, 0.2) is 12.7 Å². The molecule has 0 aliphatic carbocycles. The van der Waals surface area contributed by atoms with E-state index >= 15 is 0 Å². The Morgan fingerprint density at radius 2 is 1.43 bits per heavy atom. The summed E-state index contributed by atoms with van der Waals surface area (Å²) in [4.78, 5) is 0. The first-order valence-corrected chi connectivity index (χ1v) is 17.3. The Balaban J connectivity index is 4.94. The van der Waals surface area contributed by atoms with Crippen LogP contribution in [0.1, 0.15) is 94.4 Å². The van der Waals surface area contributed by atoms with Gasteiger partial charge in [0, 0.05) is 12.7 Å². The maximum absolute atomic E-state index is 10.4. The van der Waals surface area contributed by atoms with Gasteiger partial charge >= 0.3 is 0 Å². The van der Waals surface area contributed by atoms with Gasteiger partial charge < -0.3 is 14.0 Å². The molecule has 0 aliphatic heterocycles. The monoisotopic (exact) mass is 458 g/mol. The highest BCUT2D eigenvalue weighted by atomic mass is 28.4. The number of rotatable bonds is 15. The number of aliphatic hydroxyl groups excluding tert-OH is 1. The Morgan fingerprint density at radius 1 is 0.933 bits per heavy atom. The third kappa shape index (κ3) is 8.89. The second kappa shape index (κ2) is 12.9. The molecule has 0 amide bonds. The van der Waals surface area contributed by atoms with E-state index in [-0.39, 0.29) is 17.2 Å². The van der Waals surface area contributed by atoms with Gasteiger partial charge in [-0.3, -0.25) is 0 Å². The molecule has 0 saturated carbocycles. The van der Waals surface area contributed by atoms with Crippen LogP contribution in [0.5, 0.6) is 0 Å². The van der Waals surface area contributed by atoms with Crippen LogP contribution in [0.2, 0.25) is 34.8 Å². The summed E-state index contributed by atoms with van der Waals surface area (Å²) in [7, 11) is -3.64. The molecule has 0 aromatic heterocycles. The van der Waals surface area contributed by atoms with Gasteiger partial charge in [-0.25, -0.2) is 0 Å². The molecule has 30 heavy (non-hydrogen) atoms. The molecule has 0 fully saturated rings. The minimum atomic E-state index is -1.86. The molecular formula is C25H54O3Si2. The first kappa shape index (κ1) is 30.1. The molecular weight excluding hydrogens is 404 g/mol. The Bertz CT molecular complexity index is 460. The van der Waals surface area contributed by atoms with E-state index in [0.717, 1.165) is 25.9 Å². The van der Waals surface area contributed by atoms with Crippen LogP contribution in [-0.2, 0) is 8.85 Å². The molecule has 2 atom stereocenters. The van der Waals surface area contributed by atoms with Crippen LogP contribution in [0.25, 0.3) is 0 Å². The summed E-state index contributed by atoms with van der Waals surface area (Å²) in [5.74, 6) is 0. The fourth-order valence-electron chi connectivity index (χ4n) is 4.63. The molecule has 0 aromatic rings. The summed E-state index contributed by atoms with van der Waals surface area (Å²) < 4.78 is 13.4. The van der Waals surface area contributed by atoms with Gasteiger partial charge in [-0.05, 0) is 66.9 Å². The van der Waals surface area contributed by atoms with Crippen molar-refractivity contribution in [2.24, 2.45) is 0 Å². The van der Waals surface area contributed by atoms with Gasteiger partial charge in [-0.15, -0.1) is 6.58 Å². The minimum absolute atomic E-state index is 0.114. The van der Waals surface area contributed by atoms with Crippen molar-refractivity contribution < 1.29 is 14.0 Å². The highest BCUT2D eigenvalue weighted by Gasteiger charge is 2.45. The summed E-state index contributed by atoms with van der Waals surface area (Å²) >= 11 is 0. The van der Waals surface area contributed by atoms with Crippen molar-refractivity contribution >= 4 is 16.6 Å². The molecule has 0 saturated heterocycles. The van der Waals surface area contributed by atoms with E-state index < -0.39 is 16.6 Å². The number of hydrogen-bond donors (Lipinski definition) is 1. The van der Waals surface area contributed by atoms with Gasteiger partial charge in [0.2, 0.25) is 0 Å². The third-order valence-electron chi connectivity index (χ3n) is 7.22. The molecule has 0 aliphatic rings. The van der Waals surface area contributed by atoms with E-state index in [4.69, 9.17) is 8.85 Å². The Morgan fingerprint density at radius 3 is 1.83 bits per heavy atom. The smallest absolute Gasteiger partial charge is 0.200 e. The second-order valence-corrected chi connectivity index (χ2v) is 21.8. The summed E-state index contributed by atoms with van der Waals surface area (Å²) in [5, 5.41) is 10.5. The molecule has 0 rings (SSSR count). The zero-order valence-electron chi connectivity index (χ0n) is 22.2. The van der Waals surface area contributed by atoms with E-state index in [1.807, 2.05) is 0 Å². The minimum Gasteiger partial charge on any atom is -0.416 e. The normalized spacial score (nSPS) is 15.8. The van der Waals surface area contributed by atoms with Crippen molar-refractivity contribution in [3.05, 3.63) is 12.7 Å². The van der Waals surface area contributed by atoms with Crippen molar-refractivity contribution in [3.63, 3.8) is 0 Å². The average molecular weight is 459 g/mol. The summed E-state index contributed by atoms with van der Waals surface area (Å²) in [6.45, 7) is 30.1. The lowest BCUT2D eigenvalue weighted by atomic mass is 10.0.